The Morgan fingerprint density at radius 1 is 1.23 bits per heavy atom. The van der Waals surface area contributed by atoms with E-state index in [2.05, 4.69) is 10.3 Å². The summed E-state index contributed by atoms with van der Waals surface area (Å²) in [6.07, 6.45) is 0. The Bertz CT molecular complexity index is 1130. The summed E-state index contributed by atoms with van der Waals surface area (Å²) in [5, 5.41) is 15.1. The second-order valence-electron chi connectivity index (χ2n) is 6.94. The Labute approximate surface area is 187 Å². The molecule has 0 radical (unpaired) electrons. The Balaban J connectivity index is 1.63. The van der Waals surface area contributed by atoms with Crippen LogP contribution < -0.4 is 10.2 Å². The molecule has 1 aromatic heterocycles. The van der Waals surface area contributed by atoms with Crippen LogP contribution in [0.5, 0.6) is 0 Å². The molecule has 1 amide bonds. The number of carbonyl (C=O) groups excluding carboxylic acids is 1. The van der Waals surface area contributed by atoms with E-state index in [1.54, 1.807) is 18.2 Å². The van der Waals surface area contributed by atoms with Crippen molar-refractivity contribution < 1.29 is 14.5 Å². The van der Waals surface area contributed by atoms with Crippen LogP contribution >= 0.6 is 22.9 Å². The fourth-order valence-electron chi connectivity index (χ4n) is 3.39. The molecule has 0 bridgehead atoms. The molecule has 0 saturated carbocycles. The highest BCUT2D eigenvalue weighted by Crippen LogP contribution is 2.32. The third-order valence-corrected chi connectivity index (χ3v) is 6.06. The summed E-state index contributed by atoms with van der Waals surface area (Å²) in [4.78, 5) is 31.4. The molecule has 0 spiro atoms. The third kappa shape index (κ3) is 4.68. The smallest absolute Gasteiger partial charge is 0.270 e. The van der Waals surface area contributed by atoms with Crippen LogP contribution in [-0.4, -0.2) is 42.1 Å². The number of nitrogens with zero attached hydrogens (tertiary/aromatic N) is 3. The molecule has 1 aliphatic rings. The number of aromatic nitrogens is 1. The average molecular weight is 459 g/mol. The lowest BCUT2D eigenvalue weighted by atomic mass is 10.1. The molecule has 3 aromatic rings. The van der Waals surface area contributed by atoms with Gasteiger partial charge in [-0.25, -0.2) is 4.98 Å². The number of thiazole rings is 1. The first-order valence-electron chi connectivity index (χ1n) is 9.58. The second-order valence-corrected chi connectivity index (χ2v) is 8.58. The number of carbonyl (C=O) groups is 1. The van der Waals surface area contributed by atoms with E-state index in [0.717, 1.165) is 16.1 Å². The fourth-order valence-corrected chi connectivity index (χ4v) is 4.35. The zero-order valence-corrected chi connectivity index (χ0v) is 18.2. The van der Waals surface area contributed by atoms with E-state index in [1.165, 1.54) is 23.5 Å². The quantitative estimate of drug-likeness (QED) is 0.437. The number of amides is 1. The van der Waals surface area contributed by atoms with Crippen molar-refractivity contribution in [3.05, 3.63) is 68.0 Å². The number of nitrogens with one attached hydrogen (secondary N) is 1. The topological polar surface area (TPSA) is 97.6 Å². The number of hydrogen-bond donors (Lipinski definition) is 1. The Morgan fingerprint density at radius 3 is 2.61 bits per heavy atom. The maximum Gasteiger partial charge on any atom is 0.270 e. The van der Waals surface area contributed by atoms with Gasteiger partial charge in [0, 0.05) is 40.7 Å². The molecule has 1 aliphatic heterocycles. The number of benzene rings is 2. The van der Waals surface area contributed by atoms with E-state index in [0.29, 0.717) is 42.1 Å². The Hall–Kier alpha value is -3.01. The minimum absolute atomic E-state index is 0.140. The van der Waals surface area contributed by atoms with Crippen LogP contribution in [0, 0.1) is 17.0 Å². The van der Waals surface area contributed by atoms with Crippen molar-refractivity contribution >= 4 is 45.4 Å². The molecule has 0 aliphatic carbocycles. The largest absolute Gasteiger partial charge is 0.378 e. The normalized spacial score (nSPS) is 13.8. The molecule has 160 valence electrons. The highest BCUT2D eigenvalue weighted by atomic mass is 35.5. The van der Waals surface area contributed by atoms with Crippen molar-refractivity contribution in [2.75, 3.05) is 36.5 Å². The van der Waals surface area contributed by atoms with Crippen molar-refractivity contribution in [2.24, 2.45) is 0 Å². The van der Waals surface area contributed by atoms with Gasteiger partial charge in [-0.1, -0.05) is 23.7 Å². The lowest BCUT2D eigenvalue weighted by Crippen LogP contribution is -2.37. The fraction of sp³-hybridized carbons (Fsp3) is 0.238. The monoisotopic (exact) mass is 458 g/mol. The molecule has 1 fully saturated rings. The highest BCUT2D eigenvalue weighted by molar-refractivity contribution is 7.16. The minimum atomic E-state index is -0.508. The first kappa shape index (κ1) is 21.2. The number of aryl methyl sites for hydroxylation is 1. The van der Waals surface area contributed by atoms with Gasteiger partial charge in [-0.15, -0.1) is 11.3 Å². The van der Waals surface area contributed by atoms with Crippen molar-refractivity contribution in [3.8, 4) is 11.3 Å². The van der Waals surface area contributed by atoms with Crippen molar-refractivity contribution in [2.45, 2.75) is 6.92 Å². The maximum atomic E-state index is 13.1. The van der Waals surface area contributed by atoms with Gasteiger partial charge in [-0.2, -0.15) is 0 Å². The first-order valence-corrected chi connectivity index (χ1v) is 10.8. The summed E-state index contributed by atoms with van der Waals surface area (Å²) >= 11 is 7.30. The first-order chi connectivity index (χ1) is 14.9. The van der Waals surface area contributed by atoms with Crippen molar-refractivity contribution in [1.82, 2.24) is 4.98 Å². The van der Waals surface area contributed by atoms with Crippen molar-refractivity contribution in [1.29, 1.82) is 0 Å². The van der Waals surface area contributed by atoms with Crippen LogP contribution in [0.15, 0.2) is 42.5 Å². The van der Waals surface area contributed by atoms with Gasteiger partial charge in [0.15, 0.2) is 5.13 Å². The SMILES string of the molecule is Cc1sc(NC(=O)c2cc([N+](=O)[O-])ccc2N2CCOCC2)nc1-c1ccc(Cl)cc1. The number of halogens is 1. The molecule has 0 unspecified atom stereocenters. The van der Waals surface area contributed by atoms with E-state index in [1.807, 2.05) is 24.0 Å². The number of nitro benzene ring substituents is 1. The average Bonchev–Trinajstić information content (AvgIpc) is 3.14. The zero-order valence-electron chi connectivity index (χ0n) is 16.6. The summed E-state index contributed by atoms with van der Waals surface area (Å²) in [6, 6.07) is 11.6. The summed E-state index contributed by atoms with van der Waals surface area (Å²) in [5.41, 5.74) is 2.38. The predicted molar refractivity (Wildman–Crippen MR) is 121 cm³/mol. The van der Waals surface area contributed by atoms with Crippen LogP contribution in [0.25, 0.3) is 11.3 Å². The molecule has 8 nitrogen and oxygen atoms in total. The Kier molecular flexibility index (Phi) is 6.17. The summed E-state index contributed by atoms with van der Waals surface area (Å²) < 4.78 is 5.38. The Morgan fingerprint density at radius 2 is 1.94 bits per heavy atom. The van der Waals surface area contributed by atoms with Crippen LogP contribution in [0.3, 0.4) is 0 Å². The molecule has 1 saturated heterocycles. The molecular weight excluding hydrogens is 440 g/mol. The van der Waals surface area contributed by atoms with Crippen LogP contribution in [0.1, 0.15) is 15.2 Å². The lowest BCUT2D eigenvalue weighted by molar-refractivity contribution is -0.384. The van der Waals surface area contributed by atoms with E-state index >= 15 is 0 Å². The van der Waals surface area contributed by atoms with E-state index in [-0.39, 0.29) is 11.3 Å². The number of non-ortho nitro benzene ring substituents is 1. The van der Waals surface area contributed by atoms with Gasteiger partial charge < -0.3 is 9.64 Å². The summed E-state index contributed by atoms with van der Waals surface area (Å²) in [6.45, 7) is 4.20. The molecule has 0 atom stereocenters. The van der Waals surface area contributed by atoms with Crippen LogP contribution in [0.2, 0.25) is 5.02 Å². The van der Waals surface area contributed by atoms with Crippen LogP contribution in [0.4, 0.5) is 16.5 Å². The van der Waals surface area contributed by atoms with Crippen LogP contribution in [-0.2, 0) is 4.74 Å². The van der Waals surface area contributed by atoms with E-state index < -0.39 is 10.8 Å². The standard InChI is InChI=1S/C21H19ClN4O4S/c1-13-19(14-2-4-15(22)5-3-14)23-21(31-13)24-20(27)17-12-16(26(28)29)6-7-18(17)25-8-10-30-11-9-25/h2-7,12H,8-11H2,1H3,(H,23,24,27). The predicted octanol–water partition coefficient (Wildman–Crippen LogP) is 4.77. The van der Waals surface area contributed by atoms with Gasteiger partial charge >= 0.3 is 0 Å². The number of nitro groups is 1. The molecule has 31 heavy (non-hydrogen) atoms. The summed E-state index contributed by atoms with van der Waals surface area (Å²) in [5.74, 6) is -0.443. The number of morpholine rings is 1. The molecular formula is C21H19ClN4O4S. The van der Waals surface area contributed by atoms with E-state index in [4.69, 9.17) is 16.3 Å². The van der Waals surface area contributed by atoms with Gasteiger partial charge in [0.05, 0.1) is 35.1 Å². The maximum absolute atomic E-state index is 13.1. The lowest BCUT2D eigenvalue weighted by Gasteiger charge is -2.30. The van der Waals surface area contributed by atoms with Gasteiger partial charge in [0.25, 0.3) is 11.6 Å². The highest BCUT2D eigenvalue weighted by Gasteiger charge is 2.23. The molecule has 4 rings (SSSR count). The second kappa shape index (κ2) is 9.01. The molecule has 2 aromatic carbocycles. The molecule has 10 heteroatoms. The van der Waals surface area contributed by atoms with Crippen molar-refractivity contribution in [3.63, 3.8) is 0 Å². The zero-order chi connectivity index (χ0) is 22.0. The number of rotatable bonds is 5. The number of ether oxygens (including phenoxy) is 1. The van der Waals surface area contributed by atoms with Gasteiger partial charge in [0.1, 0.15) is 0 Å². The van der Waals surface area contributed by atoms with Gasteiger partial charge in [-0.3, -0.25) is 20.2 Å². The molecule has 1 N–H and O–H groups in total. The molecule has 2 heterocycles. The number of hydrogen-bond acceptors (Lipinski definition) is 7. The van der Waals surface area contributed by atoms with E-state index in [9.17, 15) is 14.9 Å². The van der Waals surface area contributed by atoms with Gasteiger partial charge in [0.2, 0.25) is 0 Å². The van der Waals surface area contributed by atoms with Gasteiger partial charge in [-0.05, 0) is 25.1 Å². The number of anilines is 2. The minimum Gasteiger partial charge on any atom is -0.378 e. The third-order valence-electron chi connectivity index (χ3n) is 4.92. The summed E-state index contributed by atoms with van der Waals surface area (Å²) in [7, 11) is 0.